The summed E-state index contributed by atoms with van der Waals surface area (Å²) in [5, 5.41) is 0. The Kier molecular flexibility index (Phi) is 18.4. The fourth-order valence-corrected chi connectivity index (χ4v) is 6.77. The maximum absolute atomic E-state index is 5.67. The van der Waals surface area contributed by atoms with Gasteiger partial charge in [-0.3, -0.25) is 9.97 Å². The van der Waals surface area contributed by atoms with Gasteiger partial charge in [0.2, 0.25) is 0 Å². The van der Waals surface area contributed by atoms with Gasteiger partial charge in [-0.25, -0.2) is 0 Å². The standard InChI is InChI=1S/C27H33NO.C26H31NO/c1-3-5-6-7-8-9-26-17-14-25(21-28-26)24-12-10-22(11-13-24)23-15-18-27(19-16-23)29-20-4-2;1-3-5-6-7-8-25-16-13-24(20-27-25)23-11-9-21(10-12-23)22-14-17-26(18-15-22)28-19-4-2/h10-19,21H,3-9,20H2,1-2H3;9-18,20H,3-8,19H2,1-2H3. The number of aryl methyl sites for hydroxylation is 2. The fourth-order valence-electron chi connectivity index (χ4n) is 6.77. The van der Waals surface area contributed by atoms with Crippen LogP contribution in [0.15, 0.2) is 134 Å². The monoisotopic (exact) mass is 760 g/mol. The summed E-state index contributed by atoms with van der Waals surface area (Å²) in [7, 11) is 0. The largest absolute Gasteiger partial charge is 0.494 e. The summed E-state index contributed by atoms with van der Waals surface area (Å²) in [6.45, 7) is 10.3. The highest BCUT2D eigenvalue weighted by Gasteiger charge is 2.05. The first-order valence-electron chi connectivity index (χ1n) is 21.7. The molecule has 0 bridgehead atoms. The van der Waals surface area contributed by atoms with Gasteiger partial charge in [0.15, 0.2) is 0 Å². The zero-order chi connectivity index (χ0) is 39.9. The number of pyridine rings is 2. The molecule has 0 aliphatic carbocycles. The first-order chi connectivity index (χ1) is 28.1. The van der Waals surface area contributed by atoms with E-state index in [2.05, 4.69) is 135 Å². The summed E-state index contributed by atoms with van der Waals surface area (Å²) >= 11 is 0. The number of nitrogens with zero attached hydrogens (tertiary/aromatic N) is 2. The van der Waals surface area contributed by atoms with Gasteiger partial charge in [0.1, 0.15) is 11.5 Å². The average molecular weight is 761 g/mol. The van der Waals surface area contributed by atoms with E-state index in [1.165, 1.54) is 114 Å². The van der Waals surface area contributed by atoms with Crippen LogP contribution in [0, 0.1) is 0 Å². The van der Waals surface area contributed by atoms with Crippen LogP contribution < -0.4 is 9.47 Å². The van der Waals surface area contributed by atoms with Crippen LogP contribution in [-0.2, 0) is 12.8 Å². The number of unbranched alkanes of at least 4 members (excludes halogenated alkanes) is 7. The first-order valence-corrected chi connectivity index (χ1v) is 21.7. The molecule has 298 valence electrons. The fraction of sp³-hybridized carbons (Fsp3) is 0.358. The molecule has 0 N–H and O–H groups in total. The molecule has 0 fully saturated rings. The van der Waals surface area contributed by atoms with Gasteiger partial charge in [0.25, 0.3) is 0 Å². The molecule has 6 aromatic rings. The van der Waals surface area contributed by atoms with Crippen LogP contribution in [-0.4, -0.2) is 23.2 Å². The van der Waals surface area contributed by atoms with Crippen molar-refractivity contribution < 1.29 is 9.47 Å². The molecule has 0 saturated carbocycles. The normalized spacial score (nSPS) is 10.8. The molecule has 0 aliphatic rings. The molecular formula is C53H64N2O2. The van der Waals surface area contributed by atoms with E-state index >= 15 is 0 Å². The molecule has 4 nitrogen and oxygen atoms in total. The second kappa shape index (κ2) is 24.4. The molecule has 0 aliphatic heterocycles. The predicted molar refractivity (Wildman–Crippen MR) is 242 cm³/mol. The van der Waals surface area contributed by atoms with Crippen LogP contribution in [0.5, 0.6) is 11.5 Å². The quantitative estimate of drug-likeness (QED) is 0.0685. The Morgan fingerprint density at radius 3 is 0.930 bits per heavy atom. The third-order valence-corrected chi connectivity index (χ3v) is 10.2. The van der Waals surface area contributed by atoms with E-state index in [0.717, 1.165) is 50.4 Å². The summed E-state index contributed by atoms with van der Waals surface area (Å²) in [5.74, 6) is 1.87. The van der Waals surface area contributed by atoms with E-state index in [9.17, 15) is 0 Å². The summed E-state index contributed by atoms with van der Waals surface area (Å²) in [5.41, 5.74) is 12.0. The summed E-state index contributed by atoms with van der Waals surface area (Å²) < 4.78 is 11.3. The highest BCUT2D eigenvalue weighted by Crippen LogP contribution is 2.28. The third kappa shape index (κ3) is 14.3. The van der Waals surface area contributed by atoms with Crippen LogP contribution in [0.1, 0.15) is 110 Å². The average Bonchev–Trinajstić information content (AvgIpc) is 3.27. The van der Waals surface area contributed by atoms with Gasteiger partial charge in [-0.05, 0) is 108 Å². The Bertz CT molecular complexity index is 1950. The zero-order valence-corrected chi connectivity index (χ0v) is 35.0. The third-order valence-electron chi connectivity index (χ3n) is 10.2. The first kappa shape index (κ1) is 42.9. The molecule has 0 amide bonds. The number of hydrogen-bond acceptors (Lipinski definition) is 4. The molecule has 0 saturated heterocycles. The zero-order valence-electron chi connectivity index (χ0n) is 35.0. The van der Waals surface area contributed by atoms with Crippen LogP contribution in [0.25, 0.3) is 44.5 Å². The molecular weight excluding hydrogens is 697 g/mol. The lowest BCUT2D eigenvalue weighted by molar-refractivity contribution is 0.317. The van der Waals surface area contributed by atoms with Crippen LogP contribution in [0.3, 0.4) is 0 Å². The Morgan fingerprint density at radius 2 is 0.614 bits per heavy atom. The van der Waals surface area contributed by atoms with Crippen molar-refractivity contribution >= 4 is 0 Å². The van der Waals surface area contributed by atoms with Gasteiger partial charge in [0, 0.05) is 34.9 Å². The van der Waals surface area contributed by atoms with Crippen molar-refractivity contribution in [2.45, 2.75) is 111 Å². The number of ether oxygens (including phenoxy) is 2. The van der Waals surface area contributed by atoms with Gasteiger partial charge in [-0.1, -0.05) is 158 Å². The second-order valence-electron chi connectivity index (χ2n) is 15.0. The lowest BCUT2D eigenvalue weighted by Crippen LogP contribution is -1.94. The van der Waals surface area contributed by atoms with Crippen molar-refractivity contribution in [3.63, 3.8) is 0 Å². The van der Waals surface area contributed by atoms with Crippen molar-refractivity contribution in [1.29, 1.82) is 0 Å². The maximum atomic E-state index is 5.67. The molecule has 2 aromatic heterocycles. The van der Waals surface area contributed by atoms with Crippen molar-refractivity contribution in [2.24, 2.45) is 0 Å². The Hall–Kier alpha value is -5.22. The number of hydrogen-bond donors (Lipinski definition) is 0. The molecule has 4 aromatic carbocycles. The minimum atomic E-state index is 0.764. The predicted octanol–water partition coefficient (Wildman–Crippen LogP) is 15.0. The van der Waals surface area contributed by atoms with Crippen molar-refractivity contribution in [3.05, 3.63) is 145 Å². The topological polar surface area (TPSA) is 44.2 Å². The van der Waals surface area contributed by atoms with Gasteiger partial charge in [-0.2, -0.15) is 0 Å². The second-order valence-corrected chi connectivity index (χ2v) is 15.0. The molecule has 0 atom stereocenters. The van der Waals surface area contributed by atoms with Crippen molar-refractivity contribution in [1.82, 2.24) is 9.97 Å². The summed E-state index contributed by atoms with van der Waals surface area (Å²) in [6, 6.07) is 42.8. The Morgan fingerprint density at radius 1 is 0.316 bits per heavy atom. The lowest BCUT2D eigenvalue weighted by atomic mass is 10.0. The minimum Gasteiger partial charge on any atom is -0.494 e. The summed E-state index contributed by atoms with van der Waals surface area (Å²) in [4.78, 5) is 9.33. The minimum absolute atomic E-state index is 0.764. The molecule has 2 heterocycles. The summed E-state index contributed by atoms with van der Waals surface area (Å²) in [6.07, 6.45) is 19.9. The SMILES string of the molecule is CCCCCCCc1ccc(-c2ccc(-c3ccc(OCCC)cc3)cc2)cn1.CCCCCCc1ccc(-c2ccc(-c3ccc(OCCC)cc3)cc2)cn1. The van der Waals surface area contributed by atoms with E-state index < -0.39 is 0 Å². The molecule has 6 rings (SSSR count). The lowest BCUT2D eigenvalue weighted by Gasteiger charge is -2.08. The van der Waals surface area contributed by atoms with E-state index in [1.807, 2.05) is 36.7 Å². The van der Waals surface area contributed by atoms with Gasteiger partial charge in [0.05, 0.1) is 13.2 Å². The molecule has 57 heavy (non-hydrogen) atoms. The molecule has 4 heteroatoms. The van der Waals surface area contributed by atoms with Crippen molar-refractivity contribution in [2.75, 3.05) is 13.2 Å². The number of rotatable bonds is 21. The van der Waals surface area contributed by atoms with Gasteiger partial charge in [-0.15, -0.1) is 0 Å². The number of benzene rings is 4. The smallest absolute Gasteiger partial charge is 0.119 e. The van der Waals surface area contributed by atoms with E-state index in [-0.39, 0.29) is 0 Å². The van der Waals surface area contributed by atoms with Crippen LogP contribution >= 0.6 is 0 Å². The van der Waals surface area contributed by atoms with Crippen LogP contribution in [0.4, 0.5) is 0 Å². The highest BCUT2D eigenvalue weighted by atomic mass is 16.5. The van der Waals surface area contributed by atoms with Crippen molar-refractivity contribution in [3.8, 4) is 56.0 Å². The molecule has 0 radical (unpaired) electrons. The van der Waals surface area contributed by atoms with Gasteiger partial charge < -0.3 is 9.47 Å². The van der Waals surface area contributed by atoms with E-state index in [0.29, 0.717) is 0 Å². The Balaban J connectivity index is 0.000000218. The molecule has 0 unspecified atom stereocenters. The highest BCUT2D eigenvalue weighted by molar-refractivity contribution is 5.71. The molecule has 0 spiro atoms. The van der Waals surface area contributed by atoms with E-state index in [4.69, 9.17) is 9.47 Å². The van der Waals surface area contributed by atoms with Crippen LogP contribution in [0.2, 0.25) is 0 Å². The van der Waals surface area contributed by atoms with Gasteiger partial charge >= 0.3 is 0 Å². The Labute approximate surface area is 343 Å². The number of aromatic nitrogens is 2. The maximum Gasteiger partial charge on any atom is 0.119 e. The van der Waals surface area contributed by atoms with E-state index in [1.54, 1.807) is 0 Å².